The van der Waals surface area contributed by atoms with Crippen molar-refractivity contribution in [2.45, 2.75) is 89.7 Å². The number of unbranched alkanes of at least 4 members (excludes halogenated alkanes) is 2. The maximum absolute atomic E-state index is 14.2. The van der Waals surface area contributed by atoms with Gasteiger partial charge < -0.3 is 23.5 Å². The van der Waals surface area contributed by atoms with E-state index in [0.29, 0.717) is 35.9 Å². The summed E-state index contributed by atoms with van der Waals surface area (Å²) in [5, 5.41) is 0.848. The topological polar surface area (TPSA) is 77.5 Å². The molecule has 2 heterocycles. The molecule has 0 radical (unpaired) electrons. The molecule has 2 atom stereocenters. The molecule has 1 aromatic carbocycles. The first kappa shape index (κ1) is 30.9. The van der Waals surface area contributed by atoms with Crippen LogP contribution in [0, 0.1) is 5.41 Å². The smallest absolute Gasteiger partial charge is 0.416 e. The Bertz CT molecular complexity index is 1120. The molecule has 0 unspecified atom stereocenters. The van der Waals surface area contributed by atoms with E-state index in [0.717, 1.165) is 43.9 Å². The Morgan fingerprint density at radius 1 is 1.20 bits per heavy atom. The molecule has 0 bridgehead atoms. The van der Waals surface area contributed by atoms with Gasteiger partial charge in [-0.15, -0.1) is 0 Å². The molecule has 1 spiro atoms. The largest absolute Gasteiger partial charge is 0.493 e. The number of methoxy groups -OCH3 is 1. The molecule has 40 heavy (non-hydrogen) atoms. The lowest BCUT2D eigenvalue weighted by atomic mass is 10.0. The number of anilines is 1. The minimum atomic E-state index is -2.40. The second kappa shape index (κ2) is 12.1. The molecule has 1 saturated carbocycles. The lowest BCUT2D eigenvalue weighted by molar-refractivity contribution is 0.0528. The van der Waals surface area contributed by atoms with Crippen molar-refractivity contribution in [3.05, 3.63) is 30.4 Å². The third kappa shape index (κ3) is 6.23. The van der Waals surface area contributed by atoms with Gasteiger partial charge in [-0.2, -0.15) is 0 Å². The number of rotatable bonds is 11. The third-order valence-corrected chi connectivity index (χ3v) is 13.9. The molecular weight excluding hydrogens is 592 g/mol. The van der Waals surface area contributed by atoms with Crippen LogP contribution in [0.1, 0.15) is 69.7 Å². The summed E-state index contributed by atoms with van der Waals surface area (Å²) >= 11 is 3.47. The van der Waals surface area contributed by atoms with Crippen molar-refractivity contribution >= 4 is 41.9 Å². The van der Waals surface area contributed by atoms with Crippen molar-refractivity contribution in [1.82, 2.24) is 4.90 Å². The maximum Gasteiger partial charge on any atom is 0.416 e. The van der Waals surface area contributed by atoms with Gasteiger partial charge in [-0.3, -0.25) is 4.79 Å². The molecule has 8 nitrogen and oxygen atoms in total. The van der Waals surface area contributed by atoms with Crippen molar-refractivity contribution < 1.29 is 28.2 Å². The maximum atomic E-state index is 14.2. The first-order valence-corrected chi connectivity index (χ1v) is 18.4. The SMILES string of the molecule is C=CCOC(=O)N1c2cc(OCCCCCBr)c(OC)cc2C(=O)N2CC3(CC3)C[C@H]2[C@@H]1O[Si](C)(C)C(C)(C)C. The highest BCUT2D eigenvalue weighted by atomic mass is 79.9. The molecule has 2 fully saturated rings. The van der Waals surface area contributed by atoms with Crippen LogP contribution >= 0.6 is 15.9 Å². The van der Waals surface area contributed by atoms with Crippen LogP contribution in [0.5, 0.6) is 11.5 Å². The molecule has 1 aromatic rings. The Morgan fingerprint density at radius 2 is 1.93 bits per heavy atom. The van der Waals surface area contributed by atoms with Crippen LogP contribution < -0.4 is 14.4 Å². The first-order valence-electron chi connectivity index (χ1n) is 14.3. The minimum absolute atomic E-state index is 0.0524. The lowest BCUT2D eigenvalue weighted by Crippen LogP contribution is -2.58. The van der Waals surface area contributed by atoms with Crippen molar-refractivity contribution in [2.75, 3.05) is 37.1 Å². The van der Waals surface area contributed by atoms with E-state index >= 15 is 0 Å². The highest BCUT2D eigenvalue weighted by molar-refractivity contribution is 9.09. The fraction of sp³-hybridized carbons (Fsp3) is 0.667. The second-order valence-electron chi connectivity index (χ2n) is 12.8. The Labute approximate surface area is 248 Å². The van der Waals surface area contributed by atoms with Crippen LogP contribution in [-0.4, -0.2) is 69.7 Å². The van der Waals surface area contributed by atoms with Crippen molar-refractivity contribution in [1.29, 1.82) is 0 Å². The number of benzene rings is 1. The van der Waals surface area contributed by atoms with Gasteiger partial charge in [0.1, 0.15) is 6.61 Å². The Morgan fingerprint density at radius 3 is 2.52 bits per heavy atom. The average Bonchev–Trinajstić information content (AvgIpc) is 3.56. The van der Waals surface area contributed by atoms with Crippen molar-refractivity contribution in [3.63, 3.8) is 0 Å². The molecule has 4 rings (SSSR count). The number of carbonyl (C=O) groups excluding carboxylic acids is 2. The van der Waals surface area contributed by atoms with Crippen LogP contribution in [-0.2, 0) is 9.16 Å². The molecule has 10 heteroatoms. The van der Waals surface area contributed by atoms with Crippen molar-refractivity contribution in [2.24, 2.45) is 5.41 Å². The van der Waals surface area contributed by atoms with Crippen LogP contribution in [0.3, 0.4) is 0 Å². The predicted molar refractivity (Wildman–Crippen MR) is 163 cm³/mol. The molecule has 0 aromatic heterocycles. The van der Waals surface area contributed by atoms with Crippen molar-refractivity contribution in [3.8, 4) is 11.5 Å². The van der Waals surface area contributed by atoms with E-state index in [1.54, 1.807) is 30.2 Å². The number of nitrogens with zero attached hydrogens (tertiary/aromatic N) is 2. The summed E-state index contributed by atoms with van der Waals surface area (Å²) in [6.45, 7) is 15.8. The number of carbonyl (C=O) groups is 2. The second-order valence-corrected chi connectivity index (χ2v) is 18.4. The molecule has 3 aliphatic rings. The van der Waals surface area contributed by atoms with Crippen LogP contribution in [0.15, 0.2) is 24.8 Å². The normalized spacial score (nSPS) is 21.5. The van der Waals surface area contributed by atoms with E-state index < -0.39 is 20.6 Å². The molecule has 0 N–H and O–H groups in total. The summed E-state index contributed by atoms with van der Waals surface area (Å²) in [6.07, 6.45) is 6.22. The van der Waals surface area contributed by atoms with Gasteiger partial charge in [-0.05, 0) is 68.1 Å². The van der Waals surface area contributed by atoms with Crippen LogP contribution in [0.2, 0.25) is 18.1 Å². The quantitative estimate of drug-likeness (QED) is 0.111. The average molecular weight is 638 g/mol. The zero-order valence-corrected chi connectivity index (χ0v) is 27.5. The molecule has 2 aliphatic heterocycles. The number of ether oxygens (including phenoxy) is 3. The van der Waals surface area contributed by atoms with Gasteiger partial charge in [0.25, 0.3) is 5.91 Å². The molecule has 1 saturated heterocycles. The minimum Gasteiger partial charge on any atom is -0.493 e. The van der Waals surface area contributed by atoms with Crippen LogP contribution in [0.25, 0.3) is 0 Å². The van der Waals surface area contributed by atoms with E-state index in [1.807, 2.05) is 4.90 Å². The van der Waals surface area contributed by atoms with Gasteiger partial charge >= 0.3 is 6.09 Å². The Balaban J connectivity index is 1.84. The van der Waals surface area contributed by atoms with E-state index in [4.69, 9.17) is 18.6 Å². The van der Waals surface area contributed by atoms with Gasteiger partial charge in [0.2, 0.25) is 0 Å². The van der Waals surface area contributed by atoms with Gasteiger partial charge in [-0.25, -0.2) is 9.69 Å². The number of hydrogen-bond donors (Lipinski definition) is 0. The number of amides is 2. The number of alkyl halides is 1. The fourth-order valence-corrected chi connectivity index (χ4v) is 6.95. The van der Waals surface area contributed by atoms with Gasteiger partial charge in [0.05, 0.1) is 31.0 Å². The summed E-state index contributed by atoms with van der Waals surface area (Å²) in [7, 11) is -0.828. The zero-order chi connectivity index (χ0) is 29.3. The number of hydrogen-bond acceptors (Lipinski definition) is 6. The number of fused-ring (bicyclic) bond motifs is 2. The summed E-state index contributed by atoms with van der Waals surface area (Å²) in [4.78, 5) is 31.6. The molecule has 2 amide bonds. The third-order valence-electron chi connectivity index (χ3n) is 8.90. The molecular formula is C30H45BrN2O6Si. The predicted octanol–water partition coefficient (Wildman–Crippen LogP) is 7.12. The highest BCUT2D eigenvalue weighted by Gasteiger charge is 2.59. The number of halogens is 1. The summed E-state index contributed by atoms with van der Waals surface area (Å²) in [6, 6.07) is 3.18. The van der Waals surface area contributed by atoms with E-state index in [9.17, 15) is 9.59 Å². The summed E-state index contributed by atoms with van der Waals surface area (Å²) < 4.78 is 24.6. The van der Waals surface area contributed by atoms with Gasteiger partial charge in [0, 0.05) is 17.9 Å². The molecule has 1 aliphatic carbocycles. The first-order chi connectivity index (χ1) is 18.9. The van der Waals surface area contributed by atoms with E-state index in [1.165, 1.54) is 0 Å². The van der Waals surface area contributed by atoms with E-state index in [-0.39, 0.29) is 29.0 Å². The van der Waals surface area contributed by atoms with E-state index in [2.05, 4.69) is 56.4 Å². The lowest BCUT2D eigenvalue weighted by Gasteiger charge is -2.44. The highest BCUT2D eigenvalue weighted by Crippen LogP contribution is 2.57. The zero-order valence-electron chi connectivity index (χ0n) is 24.9. The van der Waals surface area contributed by atoms with Gasteiger partial charge in [-0.1, -0.05) is 49.4 Å². The fourth-order valence-electron chi connectivity index (χ4n) is 5.34. The summed E-state index contributed by atoms with van der Waals surface area (Å²) in [5.41, 5.74) is 0.924. The molecule has 222 valence electrons. The van der Waals surface area contributed by atoms with Crippen LogP contribution in [0.4, 0.5) is 10.5 Å². The standard InChI is InChI=1S/C30H45BrN2O6Si/c1-8-15-38-28(35)33-22-18-25(37-16-11-9-10-14-31)24(36-5)17-21(22)26(34)32-20-30(12-13-30)19-23(32)27(33)39-40(6,7)29(2,3)4/h8,17-18,23,27H,1,9-16,19-20H2,2-7H3/t23-,27-/m0/s1. The summed E-state index contributed by atoms with van der Waals surface area (Å²) in [5.74, 6) is 0.836. The Hall–Kier alpha value is -2.04. The Kier molecular flexibility index (Phi) is 9.31. The van der Waals surface area contributed by atoms with Gasteiger partial charge in [0.15, 0.2) is 26.0 Å². The monoisotopic (exact) mass is 636 g/mol.